The van der Waals surface area contributed by atoms with E-state index in [-0.39, 0.29) is 18.5 Å². The van der Waals surface area contributed by atoms with Gasteiger partial charge in [-0.1, -0.05) is 151 Å². The summed E-state index contributed by atoms with van der Waals surface area (Å²) in [5, 5.41) is 20.0. The second-order valence-electron chi connectivity index (χ2n) is 14.9. The number of nitrogens with zero attached hydrogens (tertiary/aromatic N) is 2. The molecule has 0 saturated carbocycles. The minimum Gasteiger partial charge on any atom is -0.624 e. The Bertz CT molecular complexity index is 3210. The quantitative estimate of drug-likeness (QED) is 0.184. The minimum atomic E-state index is -0.171. The van der Waals surface area contributed by atoms with Gasteiger partial charge in [-0.2, -0.15) is 0 Å². The van der Waals surface area contributed by atoms with E-state index in [9.17, 15) is 0 Å². The van der Waals surface area contributed by atoms with Gasteiger partial charge in [0.25, 0.3) is 0 Å². The number of nitrogens with one attached hydrogen (secondary N) is 2. The predicted molar refractivity (Wildman–Crippen MR) is 237 cm³/mol. The highest BCUT2D eigenvalue weighted by molar-refractivity contribution is 7.25. The van der Waals surface area contributed by atoms with Crippen LogP contribution in [-0.2, 0) is 0 Å². The van der Waals surface area contributed by atoms with Crippen LogP contribution in [0.1, 0.15) is 35.2 Å². The van der Waals surface area contributed by atoms with Crippen LogP contribution in [0.4, 0.5) is 0 Å². The highest BCUT2D eigenvalue weighted by Gasteiger charge is 2.23. The van der Waals surface area contributed by atoms with E-state index in [0.717, 1.165) is 44.3 Å². The zero-order chi connectivity index (χ0) is 37.5. The molecule has 57 heavy (non-hydrogen) atoms. The number of aromatic nitrogens is 1. The summed E-state index contributed by atoms with van der Waals surface area (Å²) in [7, 11) is 0. The summed E-state index contributed by atoms with van der Waals surface area (Å²) >= 11 is 1.84. The monoisotopic (exact) mass is 751 g/mol. The van der Waals surface area contributed by atoms with Gasteiger partial charge in [0.05, 0.1) is 28.3 Å². The third-order valence-corrected chi connectivity index (χ3v) is 12.8. The van der Waals surface area contributed by atoms with Crippen molar-refractivity contribution >= 4 is 75.3 Å². The minimum absolute atomic E-state index is 0.0395. The molecule has 3 atom stereocenters. The van der Waals surface area contributed by atoms with Crippen molar-refractivity contribution in [2.24, 2.45) is 0 Å². The van der Waals surface area contributed by atoms with Gasteiger partial charge in [0, 0.05) is 36.3 Å². The molecule has 1 aliphatic heterocycles. The first kappa shape index (κ1) is 32.7. The van der Waals surface area contributed by atoms with Crippen LogP contribution in [0.5, 0.6) is 0 Å². The molecule has 3 unspecified atom stereocenters. The number of rotatable bonds is 5. The number of para-hydroxylation sites is 2. The van der Waals surface area contributed by atoms with Crippen LogP contribution in [0.3, 0.4) is 0 Å². The average molecular weight is 752 g/mol. The summed E-state index contributed by atoms with van der Waals surface area (Å²) < 4.78 is 11.4. The van der Waals surface area contributed by atoms with Gasteiger partial charge in [-0.3, -0.25) is 0 Å². The SMILES string of the molecule is c1ccc(C2[N-]C(c3ccc4c(c3)sc3ccc(-c5ccc6oc7cccc(-n8c9ccccc9c9ccccc98)c7c6c5)cc34)NC(c3ccccc3)N2)cc1. The summed E-state index contributed by atoms with van der Waals surface area (Å²) in [6, 6.07) is 65.2. The van der Waals surface area contributed by atoms with Crippen molar-refractivity contribution in [1.82, 2.24) is 15.2 Å². The van der Waals surface area contributed by atoms with E-state index < -0.39 is 0 Å². The van der Waals surface area contributed by atoms with Crippen LogP contribution in [0, 0.1) is 0 Å². The maximum Gasteiger partial charge on any atom is 0.137 e. The van der Waals surface area contributed by atoms with E-state index in [4.69, 9.17) is 9.73 Å². The summed E-state index contributed by atoms with van der Waals surface area (Å²) in [6.45, 7) is 0. The van der Waals surface area contributed by atoms with Gasteiger partial charge in [0.15, 0.2) is 0 Å². The second kappa shape index (κ2) is 13.0. The van der Waals surface area contributed by atoms with Crippen molar-refractivity contribution < 1.29 is 4.42 Å². The van der Waals surface area contributed by atoms with Gasteiger partial charge in [0.1, 0.15) is 11.2 Å². The molecule has 0 bridgehead atoms. The maximum absolute atomic E-state index is 6.52. The van der Waals surface area contributed by atoms with Gasteiger partial charge in [0.2, 0.25) is 0 Å². The molecule has 1 saturated heterocycles. The van der Waals surface area contributed by atoms with Gasteiger partial charge >= 0.3 is 0 Å². The standard InChI is InChI=1S/C51H35N4OS/c1-3-12-31(13-4-1)49-52-50(32-14-5-2-6-15-32)54-51(53-49)35-22-25-38-39-28-34(24-27-46(39)57-47(38)30-35)33-23-26-44-40(29-33)48-43(20-11-21-45(48)56-44)55-41-18-9-7-16-36(41)37-17-8-10-19-42(37)55/h1-30,49-53H/q-1. The number of furan rings is 1. The molecule has 0 aliphatic carbocycles. The molecule has 0 radical (unpaired) electrons. The highest BCUT2D eigenvalue weighted by Crippen LogP contribution is 2.43. The van der Waals surface area contributed by atoms with Crippen molar-refractivity contribution in [2.75, 3.05) is 0 Å². The predicted octanol–water partition coefficient (Wildman–Crippen LogP) is 13.7. The molecule has 1 fully saturated rings. The molecule has 11 aromatic rings. The molecule has 3 aromatic heterocycles. The molecule has 0 amide bonds. The van der Waals surface area contributed by atoms with Crippen LogP contribution in [0.25, 0.3) is 86.0 Å². The lowest BCUT2D eigenvalue weighted by Gasteiger charge is -2.50. The van der Waals surface area contributed by atoms with Gasteiger partial charge < -0.3 is 24.9 Å². The van der Waals surface area contributed by atoms with Crippen LogP contribution in [0.2, 0.25) is 0 Å². The fraction of sp³-hybridized carbons (Fsp3) is 0.0588. The molecule has 2 N–H and O–H groups in total. The Morgan fingerprint density at radius 2 is 1.11 bits per heavy atom. The summed E-state index contributed by atoms with van der Waals surface area (Å²) in [5.41, 5.74) is 11.1. The van der Waals surface area contributed by atoms with Gasteiger partial charge in [-0.15, -0.1) is 11.3 Å². The first-order valence-electron chi connectivity index (χ1n) is 19.5. The largest absolute Gasteiger partial charge is 0.624 e. The lowest BCUT2D eigenvalue weighted by Crippen LogP contribution is -2.44. The van der Waals surface area contributed by atoms with Crippen molar-refractivity contribution in [3.05, 3.63) is 204 Å². The zero-order valence-corrected chi connectivity index (χ0v) is 31.6. The maximum atomic E-state index is 6.52. The van der Waals surface area contributed by atoms with E-state index in [0.29, 0.717) is 0 Å². The lowest BCUT2D eigenvalue weighted by molar-refractivity contribution is 0.316. The van der Waals surface area contributed by atoms with Crippen molar-refractivity contribution in [1.29, 1.82) is 0 Å². The number of hydrogen-bond acceptors (Lipinski definition) is 4. The molecule has 272 valence electrons. The van der Waals surface area contributed by atoms with Crippen LogP contribution < -0.4 is 10.6 Å². The van der Waals surface area contributed by atoms with E-state index >= 15 is 0 Å². The van der Waals surface area contributed by atoms with E-state index in [1.807, 2.05) is 11.3 Å². The molecule has 1 aliphatic rings. The van der Waals surface area contributed by atoms with E-state index in [1.54, 1.807) is 0 Å². The van der Waals surface area contributed by atoms with Crippen LogP contribution >= 0.6 is 11.3 Å². The topological polar surface area (TPSA) is 56.2 Å². The van der Waals surface area contributed by atoms with Crippen molar-refractivity contribution in [3.63, 3.8) is 0 Å². The van der Waals surface area contributed by atoms with Crippen molar-refractivity contribution in [3.8, 4) is 16.8 Å². The smallest absolute Gasteiger partial charge is 0.137 e. The molecule has 6 heteroatoms. The van der Waals surface area contributed by atoms with E-state index in [1.165, 1.54) is 53.1 Å². The Labute approximate surface area is 332 Å². The number of hydrogen-bond donors (Lipinski definition) is 2. The summed E-state index contributed by atoms with van der Waals surface area (Å²) in [5.74, 6) is 0. The second-order valence-corrected chi connectivity index (χ2v) is 16.0. The fourth-order valence-electron chi connectivity index (χ4n) is 8.94. The van der Waals surface area contributed by atoms with Gasteiger partial charge in [-0.05, 0) is 71.3 Å². The first-order chi connectivity index (χ1) is 28.2. The number of benzene rings is 8. The molecule has 8 aromatic carbocycles. The van der Waals surface area contributed by atoms with Gasteiger partial charge in [-0.25, -0.2) is 0 Å². The Kier molecular flexibility index (Phi) is 7.46. The molecule has 5 nitrogen and oxygen atoms in total. The Morgan fingerprint density at radius 1 is 0.456 bits per heavy atom. The fourth-order valence-corrected chi connectivity index (χ4v) is 10.1. The Hall–Kier alpha value is -6.54. The first-order valence-corrected chi connectivity index (χ1v) is 20.3. The normalized spacial score (nSPS) is 17.4. The lowest BCUT2D eigenvalue weighted by atomic mass is 9.99. The summed E-state index contributed by atoms with van der Waals surface area (Å²) in [6.07, 6.45) is -0.343. The molecular weight excluding hydrogens is 717 g/mol. The van der Waals surface area contributed by atoms with Crippen LogP contribution in [-0.4, -0.2) is 4.57 Å². The Morgan fingerprint density at radius 3 is 1.86 bits per heavy atom. The van der Waals surface area contributed by atoms with Crippen LogP contribution in [0.15, 0.2) is 186 Å². The number of thiophene rings is 1. The third-order valence-electron chi connectivity index (χ3n) is 11.6. The Balaban J connectivity index is 0.937. The van der Waals surface area contributed by atoms with Crippen molar-refractivity contribution in [2.45, 2.75) is 18.5 Å². The molecule has 0 spiro atoms. The molecular formula is C51H35N4OS-. The van der Waals surface area contributed by atoms with E-state index in [2.05, 4.69) is 197 Å². The average Bonchev–Trinajstić information content (AvgIpc) is 3.95. The number of fused-ring (bicyclic) bond motifs is 9. The summed E-state index contributed by atoms with van der Waals surface area (Å²) in [4.78, 5) is 0. The molecule has 4 heterocycles. The third kappa shape index (κ3) is 5.34. The molecule has 12 rings (SSSR count). The highest BCUT2D eigenvalue weighted by atomic mass is 32.1. The zero-order valence-electron chi connectivity index (χ0n) is 30.8.